The first kappa shape index (κ1) is 22.9. The van der Waals surface area contributed by atoms with E-state index < -0.39 is 29.7 Å². The zero-order valence-electron chi connectivity index (χ0n) is 16.9. The van der Waals surface area contributed by atoms with Gasteiger partial charge in [0.1, 0.15) is 6.10 Å². The van der Waals surface area contributed by atoms with Crippen LogP contribution in [0.1, 0.15) is 60.8 Å². The van der Waals surface area contributed by atoms with Crippen LogP contribution < -0.4 is 0 Å². The molecule has 7 heteroatoms. The normalized spacial score (nSPS) is 26.2. The van der Waals surface area contributed by atoms with E-state index >= 15 is 0 Å². The number of hydrogen-bond donors (Lipinski definition) is 2. The van der Waals surface area contributed by atoms with Crippen LogP contribution in [0.25, 0.3) is 0 Å². The number of ether oxygens (including phenoxy) is 2. The van der Waals surface area contributed by atoms with Crippen molar-refractivity contribution in [3.05, 3.63) is 0 Å². The minimum atomic E-state index is -0.636. The Morgan fingerprint density at radius 2 is 1.77 bits per heavy atom. The molecule has 26 heavy (non-hydrogen) atoms. The van der Waals surface area contributed by atoms with Gasteiger partial charge in [-0.15, -0.1) is 0 Å². The van der Waals surface area contributed by atoms with Crippen LogP contribution >= 0.6 is 0 Å². The third-order valence-electron chi connectivity index (χ3n) is 5.35. The lowest BCUT2D eigenvalue weighted by molar-refractivity contribution is -0.180. The SMILES string of the molecule is CCOC(=O)CCC(=O)OC(C)C1C(O)CC(C)(C)N(CCO)C1(C)C. The van der Waals surface area contributed by atoms with E-state index in [4.69, 9.17) is 9.47 Å². The highest BCUT2D eigenvalue weighted by Gasteiger charge is 2.53. The number of likely N-dealkylation sites (tertiary alicyclic amines) is 1. The van der Waals surface area contributed by atoms with Crippen LogP contribution in [0, 0.1) is 5.92 Å². The summed E-state index contributed by atoms with van der Waals surface area (Å²) in [6, 6.07) is 0. The van der Waals surface area contributed by atoms with Crippen LogP contribution in [0.3, 0.4) is 0 Å². The van der Waals surface area contributed by atoms with Crippen molar-refractivity contribution in [3.8, 4) is 0 Å². The van der Waals surface area contributed by atoms with Crippen molar-refractivity contribution in [2.45, 2.75) is 84.1 Å². The van der Waals surface area contributed by atoms with Crippen LogP contribution in [0.4, 0.5) is 0 Å². The Morgan fingerprint density at radius 1 is 1.19 bits per heavy atom. The molecule has 1 rings (SSSR count). The second-order valence-electron chi connectivity index (χ2n) is 8.14. The third-order valence-corrected chi connectivity index (χ3v) is 5.35. The van der Waals surface area contributed by atoms with E-state index in [2.05, 4.69) is 4.90 Å². The van der Waals surface area contributed by atoms with Gasteiger partial charge in [-0.2, -0.15) is 0 Å². The van der Waals surface area contributed by atoms with Crippen molar-refractivity contribution >= 4 is 11.9 Å². The van der Waals surface area contributed by atoms with Gasteiger partial charge < -0.3 is 19.7 Å². The van der Waals surface area contributed by atoms with Crippen molar-refractivity contribution in [2.24, 2.45) is 5.92 Å². The molecule has 0 aromatic rings. The monoisotopic (exact) mass is 373 g/mol. The van der Waals surface area contributed by atoms with Crippen LogP contribution in [-0.4, -0.2) is 70.1 Å². The number of hydrogen-bond acceptors (Lipinski definition) is 7. The summed E-state index contributed by atoms with van der Waals surface area (Å²) in [5.74, 6) is -1.22. The predicted octanol–water partition coefficient (Wildman–Crippen LogP) is 1.49. The van der Waals surface area contributed by atoms with Gasteiger partial charge in [0.25, 0.3) is 0 Å². The molecule has 152 valence electrons. The Hall–Kier alpha value is -1.18. The predicted molar refractivity (Wildman–Crippen MR) is 97.5 cm³/mol. The quantitative estimate of drug-likeness (QED) is 0.622. The van der Waals surface area contributed by atoms with Gasteiger partial charge in [0.15, 0.2) is 0 Å². The Labute approximate surface area is 156 Å². The molecule has 0 radical (unpaired) electrons. The fourth-order valence-corrected chi connectivity index (χ4v) is 4.53. The highest BCUT2D eigenvalue weighted by Crippen LogP contribution is 2.44. The number of esters is 2. The van der Waals surface area contributed by atoms with E-state index in [1.165, 1.54) is 0 Å². The summed E-state index contributed by atoms with van der Waals surface area (Å²) in [6.45, 7) is 12.3. The molecule has 1 fully saturated rings. The minimum Gasteiger partial charge on any atom is -0.466 e. The first-order chi connectivity index (χ1) is 12.0. The lowest BCUT2D eigenvalue weighted by Gasteiger charge is -2.59. The van der Waals surface area contributed by atoms with E-state index in [0.717, 1.165) is 0 Å². The summed E-state index contributed by atoms with van der Waals surface area (Å²) in [4.78, 5) is 25.6. The van der Waals surface area contributed by atoms with Crippen molar-refractivity contribution in [1.82, 2.24) is 4.90 Å². The molecule has 1 aliphatic heterocycles. The highest BCUT2D eigenvalue weighted by atomic mass is 16.5. The van der Waals surface area contributed by atoms with Gasteiger partial charge in [-0.05, 0) is 48.0 Å². The molecule has 0 aliphatic carbocycles. The zero-order chi connectivity index (χ0) is 20.1. The van der Waals surface area contributed by atoms with Gasteiger partial charge >= 0.3 is 11.9 Å². The lowest BCUT2D eigenvalue weighted by Crippen LogP contribution is -2.69. The Morgan fingerprint density at radius 3 is 2.31 bits per heavy atom. The van der Waals surface area contributed by atoms with Crippen LogP contribution in [0.5, 0.6) is 0 Å². The van der Waals surface area contributed by atoms with Crippen LogP contribution in [0.2, 0.25) is 0 Å². The summed E-state index contributed by atoms with van der Waals surface area (Å²) in [5, 5.41) is 20.2. The molecule has 1 saturated heterocycles. The topological polar surface area (TPSA) is 96.3 Å². The van der Waals surface area contributed by atoms with Gasteiger partial charge in [0, 0.05) is 23.5 Å². The van der Waals surface area contributed by atoms with Crippen molar-refractivity contribution in [1.29, 1.82) is 0 Å². The van der Waals surface area contributed by atoms with Gasteiger partial charge in [-0.25, -0.2) is 0 Å². The van der Waals surface area contributed by atoms with Gasteiger partial charge in [-0.3, -0.25) is 14.5 Å². The Balaban J connectivity index is 2.81. The molecule has 3 unspecified atom stereocenters. The standard InChI is InChI=1S/C19H35NO6/c1-7-25-15(23)8-9-16(24)26-13(2)17-14(22)12-18(3,4)20(10-11-21)19(17,5)6/h13-14,17,21-22H,7-12H2,1-6H3. The maximum Gasteiger partial charge on any atom is 0.306 e. The first-order valence-corrected chi connectivity index (χ1v) is 9.39. The highest BCUT2D eigenvalue weighted by molar-refractivity contribution is 5.77. The number of aliphatic hydroxyl groups excluding tert-OH is 2. The molecule has 0 bridgehead atoms. The number of carbonyl (C=O) groups excluding carboxylic acids is 2. The largest absolute Gasteiger partial charge is 0.466 e. The molecule has 1 heterocycles. The van der Waals surface area contributed by atoms with Crippen LogP contribution in [-0.2, 0) is 19.1 Å². The summed E-state index contributed by atoms with van der Waals surface area (Å²) < 4.78 is 10.3. The third kappa shape index (κ3) is 5.41. The average molecular weight is 373 g/mol. The van der Waals surface area contributed by atoms with Crippen molar-refractivity contribution < 1.29 is 29.3 Å². The second kappa shape index (κ2) is 9.15. The summed E-state index contributed by atoms with van der Waals surface area (Å²) >= 11 is 0. The summed E-state index contributed by atoms with van der Waals surface area (Å²) in [5.41, 5.74) is -0.763. The van der Waals surface area contributed by atoms with Gasteiger partial charge in [0.2, 0.25) is 0 Å². The molecule has 1 aliphatic rings. The lowest BCUT2D eigenvalue weighted by atomic mass is 9.68. The number of rotatable bonds is 8. The first-order valence-electron chi connectivity index (χ1n) is 9.39. The molecule has 0 aromatic heterocycles. The molecular weight excluding hydrogens is 338 g/mol. The number of carbonyl (C=O) groups is 2. The van der Waals surface area contributed by atoms with E-state index in [9.17, 15) is 19.8 Å². The van der Waals surface area contributed by atoms with E-state index in [1.54, 1.807) is 13.8 Å². The number of aliphatic hydroxyl groups is 2. The number of piperidine rings is 1. The van der Waals surface area contributed by atoms with Crippen molar-refractivity contribution in [3.63, 3.8) is 0 Å². The van der Waals surface area contributed by atoms with E-state index in [1.807, 2.05) is 27.7 Å². The Kier molecular flexibility index (Phi) is 8.04. The zero-order valence-corrected chi connectivity index (χ0v) is 16.9. The molecule has 0 amide bonds. The minimum absolute atomic E-state index is 0.0142. The van der Waals surface area contributed by atoms with Crippen LogP contribution in [0.15, 0.2) is 0 Å². The molecule has 0 spiro atoms. The number of β-amino-alcohol motifs (C(OH)–C–C–N with tert-alkyl or cyclic N) is 1. The molecule has 3 atom stereocenters. The van der Waals surface area contributed by atoms with Gasteiger partial charge in [0.05, 0.1) is 32.2 Å². The van der Waals surface area contributed by atoms with Crippen molar-refractivity contribution in [2.75, 3.05) is 19.8 Å². The average Bonchev–Trinajstić information content (AvgIpc) is 2.48. The summed E-state index contributed by atoms with van der Waals surface area (Å²) in [7, 11) is 0. The molecule has 0 saturated carbocycles. The molecule has 0 aromatic carbocycles. The maximum atomic E-state index is 12.1. The Bertz CT molecular complexity index is 490. The smallest absolute Gasteiger partial charge is 0.306 e. The van der Waals surface area contributed by atoms with E-state index in [0.29, 0.717) is 13.0 Å². The molecule has 2 N–H and O–H groups in total. The second-order valence-corrected chi connectivity index (χ2v) is 8.14. The number of nitrogens with zero attached hydrogens (tertiary/aromatic N) is 1. The fourth-order valence-electron chi connectivity index (χ4n) is 4.53. The molecule has 7 nitrogen and oxygen atoms in total. The fraction of sp³-hybridized carbons (Fsp3) is 0.895. The van der Waals surface area contributed by atoms with E-state index in [-0.39, 0.29) is 37.5 Å². The summed E-state index contributed by atoms with van der Waals surface area (Å²) in [6.07, 6.45) is -0.696. The van der Waals surface area contributed by atoms with Gasteiger partial charge in [-0.1, -0.05) is 0 Å². The molecular formula is C19H35NO6. The maximum absolute atomic E-state index is 12.1.